The van der Waals surface area contributed by atoms with Crippen LogP contribution in [-0.2, 0) is 9.59 Å². The fourth-order valence-electron chi connectivity index (χ4n) is 2.87. The number of amides is 1. The number of benzene rings is 1. The summed E-state index contributed by atoms with van der Waals surface area (Å²) in [7, 11) is 1.54. The molecule has 1 heterocycles. The highest BCUT2D eigenvalue weighted by Gasteiger charge is 2.42. The van der Waals surface area contributed by atoms with Crippen molar-refractivity contribution in [3.05, 3.63) is 41.2 Å². The largest absolute Gasteiger partial charge is 0.503 e. The van der Waals surface area contributed by atoms with Crippen LogP contribution in [0.4, 0.5) is 0 Å². The molecule has 0 saturated carbocycles. The summed E-state index contributed by atoms with van der Waals surface area (Å²) in [6, 6.07) is 6.47. The zero-order chi connectivity index (χ0) is 17.7. The number of nitrogens with zero attached hydrogens (tertiary/aromatic N) is 1. The molecule has 0 radical (unpaired) electrons. The van der Waals surface area contributed by atoms with E-state index < -0.39 is 17.7 Å². The Labute approximate surface area is 140 Å². The van der Waals surface area contributed by atoms with Crippen LogP contribution in [0.1, 0.15) is 18.5 Å². The first-order chi connectivity index (χ1) is 11.5. The Bertz CT molecular complexity index is 656. The van der Waals surface area contributed by atoms with E-state index in [1.165, 1.54) is 11.8 Å². The molecule has 1 aliphatic rings. The highest BCUT2D eigenvalue weighted by molar-refractivity contribution is 6.08. The average molecular weight is 335 g/mol. The number of hydrogen-bond donors (Lipinski definition) is 3. The molecule has 0 unspecified atom stereocenters. The molecule has 4 N–H and O–H groups in total. The Morgan fingerprint density at radius 2 is 2.12 bits per heavy atom. The molecule has 2 rings (SSSR count). The van der Waals surface area contributed by atoms with Crippen LogP contribution >= 0.6 is 0 Å². The molecule has 0 aliphatic carbocycles. The molecule has 24 heavy (non-hydrogen) atoms. The number of aliphatic hydroxyl groups excluding tert-OH is 2. The molecule has 1 aromatic rings. The molecule has 0 bridgehead atoms. The SMILES string of the molecule is COc1cccc([C@@H]2C(C(C)=O)=C(O)C(=O)N2CC[NH2+]CCO)c1. The zero-order valence-corrected chi connectivity index (χ0v) is 13.9. The maximum absolute atomic E-state index is 12.4. The van der Waals surface area contributed by atoms with Crippen molar-refractivity contribution in [3.8, 4) is 5.75 Å². The lowest BCUT2D eigenvalue weighted by molar-refractivity contribution is -0.655. The number of Topliss-reactive ketones (excluding diaryl/α,β-unsaturated/α-hetero) is 1. The molecule has 1 aliphatic heterocycles. The molecule has 7 heteroatoms. The summed E-state index contributed by atoms with van der Waals surface area (Å²) < 4.78 is 5.21. The maximum atomic E-state index is 12.4. The van der Waals surface area contributed by atoms with E-state index in [-0.39, 0.29) is 18.0 Å². The maximum Gasteiger partial charge on any atom is 0.290 e. The van der Waals surface area contributed by atoms with Crippen molar-refractivity contribution >= 4 is 11.7 Å². The van der Waals surface area contributed by atoms with Gasteiger partial charge in [-0.05, 0) is 24.6 Å². The van der Waals surface area contributed by atoms with E-state index in [2.05, 4.69) is 0 Å². The molecular weight excluding hydrogens is 312 g/mol. The number of methoxy groups -OCH3 is 1. The van der Waals surface area contributed by atoms with E-state index in [4.69, 9.17) is 9.84 Å². The van der Waals surface area contributed by atoms with Gasteiger partial charge in [-0.1, -0.05) is 12.1 Å². The van der Waals surface area contributed by atoms with E-state index in [1.807, 2.05) is 5.32 Å². The summed E-state index contributed by atoms with van der Waals surface area (Å²) in [4.78, 5) is 25.9. The fourth-order valence-corrected chi connectivity index (χ4v) is 2.87. The van der Waals surface area contributed by atoms with E-state index >= 15 is 0 Å². The first-order valence-electron chi connectivity index (χ1n) is 7.82. The number of carbonyl (C=O) groups is 2. The van der Waals surface area contributed by atoms with E-state index in [1.54, 1.807) is 31.4 Å². The van der Waals surface area contributed by atoms with Crippen LogP contribution in [0, 0.1) is 0 Å². The van der Waals surface area contributed by atoms with Crippen LogP contribution < -0.4 is 10.1 Å². The quantitative estimate of drug-likeness (QED) is 0.558. The molecule has 0 spiro atoms. The Morgan fingerprint density at radius 1 is 1.38 bits per heavy atom. The van der Waals surface area contributed by atoms with Gasteiger partial charge in [-0.25, -0.2) is 0 Å². The fraction of sp³-hybridized carbons (Fsp3) is 0.412. The molecule has 1 aromatic carbocycles. The number of rotatable bonds is 8. The van der Waals surface area contributed by atoms with Gasteiger partial charge in [-0.2, -0.15) is 0 Å². The summed E-state index contributed by atoms with van der Waals surface area (Å²) in [6.45, 7) is 2.83. The van der Waals surface area contributed by atoms with Crippen LogP contribution in [0.5, 0.6) is 5.75 Å². The van der Waals surface area contributed by atoms with Crippen LogP contribution in [0.3, 0.4) is 0 Å². The van der Waals surface area contributed by atoms with E-state index in [0.717, 1.165) is 0 Å². The lowest BCUT2D eigenvalue weighted by Crippen LogP contribution is -2.86. The molecule has 130 valence electrons. The van der Waals surface area contributed by atoms with Crippen molar-refractivity contribution in [3.63, 3.8) is 0 Å². The van der Waals surface area contributed by atoms with Crippen molar-refractivity contribution in [2.24, 2.45) is 0 Å². The minimum atomic E-state index is -0.632. The van der Waals surface area contributed by atoms with Gasteiger partial charge in [0.2, 0.25) is 0 Å². The molecule has 0 saturated heterocycles. The number of aliphatic hydroxyl groups is 2. The predicted molar refractivity (Wildman–Crippen MR) is 86.5 cm³/mol. The molecule has 0 aromatic heterocycles. The number of nitrogens with two attached hydrogens (primary N) is 1. The standard InChI is InChI=1S/C17H22N2O5/c1-11(21)14-15(12-4-3-5-13(10-12)24-2)19(17(23)16(14)22)8-6-18-7-9-20/h3-5,10,15,18,20,22H,6-9H2,1-2H3/p+1/t15-/m1/s1. The van der Waals surface area contributed by atoms with Gasteiger partial charge < -0.3 is 25.2 Å². The Kier molecular flexibility index (Phi) is 5.94. The van der Waals surface area contributed by atoms with Gasteiger partial charge in [0.15, 0.2) is 11.5 Å². The minimum absolute atomic E-state index is 0.0510. The minimum Gasteiger partial charge on any atom is -0.503 e. The second-order valence-electron chi connectivity index (χ2n) is 5.59. The highest BCUT2D eigenvalue weighted by Crippen LogP contribution is 2.38. The number of quaternary nitrogens is 1. The zero-order valence-electron chi connectivity index (χ0n) is 13.9. The van der Waals surface area contributed by atoms with Gasteiger partial charge in [0.05, 0.1) is 45.0 Å². The third-order valence-electron chi connectivity index (χ3n) is 4.00. The van der Waals surface area contributed by atoms with Gasteiger partial charge in [0.1, 0.15) is 5.75 Å². The van der Waals surface area contributed by atoms with Crippen molar-refractivity contribution in [1.82, 2.24) is 4.90 Å². The Balaban J connectivity index is 2.35. The smallest absolute Gasteiger partial charge is 0.290 e. The molecule has 1 amide bonds. The third-order valence-corrected chi connectivity index (χ3v) is 4.00. The lowest BCUT2D eigenvalue weighted by Gasteiger charge is -2.26. The highest BCUT2D eigenvalue weighted by atomic mass is 16.5. The third kappa shape index (κ3) is 3.58. The number of ketones is 1. The van der Waals surface area contributed by atoms with Crippen molar-refractivity contribution in [2.75, 3.05) is 33.4 Å². The Morgan fingerprint density at radius 3 is 2.75 bits per heavy atom. The summed E-state index contributed by atoms with van der Waals surface area (Å²) in [5.74, 6) is -0.764. The predicted octanol–water partition coefficient (Wildman–Crippen LogP) is -0.465. The van der Waals surface area contributed by atoms with E-state index in [0.29, 0.717) is 30.9 Å². The monoisotopic (exact) mass is 335 g/mol. The summed E-state index contributed by atoms with van der Waals surface area (Å²) >= 11 is 0. The van der Waals surface area contributed by atoms with Crippen LogP contribution in [0.2, 0.25) is 0 Å². The average Bonchev–Trinajstić information content (AvgIpc) is 2.83. The second kappa shape index (κ2) is 7.94. The van der Waals surface area contributed by atoms with Gasteiger partial charge >= 0.3 is 0 Å². The molecule has 7 nitrogen and oxygen atoms in total. The van der Waals surface area contributed by atoms with Gasteiger partial charge in [-0.3, -0.25) is 9.59 Å². The second-order valence-corrected chi connectivity index (χ2v) is 5.59. The lowest BCUT2D eigenvalue weighted by atomic mass is 9.96. The molecule has 0 fully saturated rings. The normalized spacial score (nSPS) is 17.5. The molecule has 1 atom stereocenters. The summed E-state index contributed by atoms with van der Waals surface area (Å²) in [5.41, 5.74) is 0.814. The van der Waals surface area contributed by atoms with Crippen molar-refractivity contribution < 1.29 is 29.9 Å². The molecular formula is C17H23N2O5+. The van der Waals surface area contributed by atoms with Crippen LogP contribution in [0.25, 0.3) is 0 Å². The van der Waals surface area contributed by atoms with Crippen LogP contribution in [0.15, 0.2) is 35.6 Å². The Hall–Kier alpha value is -2.38. The topological polar surface area (TPSA) is 104 Å². The number of hydrogen-bond acceptors (Lipinski definition) is 5. The van der Waals surface area contributed by atoms with Crippen LogP contribution in [-0.4, -0.2) is 60.2 Å². The van der Waals surface area contributed by atoms with E-state index in [9.17, 15) is 14.7 Å². The van der Waals surface area contributed by atoms with Gasteiger partial charge in [-0.15, -0.1) is 0 Å². The number of ether oxygens (including phenoxy) is 1. The summed E-state index contributed by atoms with van der Waals surface area (Å²) in [6.07, 6.45) is 0. The van der Waals surface area contributed by atoms with Gasteiger partial charge in [0, 0.05) is 0 Å². The van der Waals surface area contributed by atoms with Crippen molar-refractivity contribution in [2.45, 2.75) is 13.0 Å². The first kappa shape index (κ1) is 18.0. The van der Waals surface area contributed by atoms with Crippen molar-refractivity contribution in [1.29, 1.82) is 0 Å². The van der Waals surface area contributed by atoms with Gasteiger partial charge in [0.25, 0.3) is 5.91 Å². The number of carbonyl (C=O) groups excluding carboxylic acids is 2. The first-order valence-corrected chi connectivity index (χ1v) is 7.82. The summed E-state index contributed by atoms with van der Waals surface area (Å²) in [5, 5.41) is 20.9.